The Labute approximate surface area is 182 Å². The van der Waals surface area contributed by atoms with Crippen LogP contribution in [0.15, 0.2) is 42.9 Å². The second kappa shape index (κ2) is 8.66. The number of alkyl halides is 3. The molecule has 1 aliphatic heterocycles. The molecule has 1 saturated heterocycles. The molecule has 2 aromatic heterocycles. The normalized spacial score (nSPS) is 17.8. The van der Waals surface area contributed by atoms with E-state index in [9.17, 15) is 18.0 Å². The first kappa shape index (κ1) is 17.7. The van der Waals surface area contributed by atoms with Gasteiger partial charge in [-0.2, -0.15) is 18.3 Å². The number of anilines is 1. The molecular formula is C22H24F3N5O. The molecule has 0 saturated carbocycles. The Morgan fingerprint density at radius 3 is 2.71 bits per heavy atom. The number of aryl methyl sites for hydroxylation is 1. The first-order valence-electron chi connectivity index (χ1n) is 11.5. The number of piperidine rings is 1. The number of rotatable bonds is 5. The Kier molecular flexibility index (Phi) is 4.95. The molecular weight excluding hydrogens is 407 g/mol. The van der Waals surface area contributed by atoms with Crippen LogP contribution in [0, 0.1) is 5.92 Å². The van der Waals surface area contributed by atoms with Crippen molar-refractivity contribution < 1.29 is 22.1 Å². The van der Waals surface area contributed by atoms with Crippen LogP contribution in [0.2, 0.25) is 0 Å². The largest absolute Gasteiger partial charge is 0.390 e. The van der Waals surface area contributed by atoms with Gasteiger partial charge in [0.05, 0.1) is 12.6 Å². The molecule has 4 rings (SSSR count). The Morgan fingerprint density at radius 2 is 2.00 bits per heavy atom. The quantitative estimate of drug-likeness (QED) is 0.653. The summed E-state index contributed by atoms with van der Waals surface area (Å²) < 4.78 is 60.5. The van der Waals surface area contributed by atoms with Crippen LogP contribution in [0.25, 0.3) is 21.9 Å². The van der Waals surface area contributed by atoms with E-state index >= 15 is 0 Å². The zero-order chi connectivity index (χ0) is 24.5. The van der Waals surface area contributed by atoms with Gasteiger partial charge in [-0.3, -0.25) is 9.48 Å². The molecule has 3 aromatic rings. The number of nitrogens with one attached hydrogen (secondary N) is 1. The van der Waals surface area contributed by atoms with Gasteiger partial charge in [-0.1, -0.05) is 12.1 Å². The topological polar surface area (TPSA) is 63.1 Å². The number of likely N-dealkylation sites (tertiary alicyclic amines) is 1. The molecule has 0 radical (unpaired) electrons. The lowest BCUT2D eigenvalue weighted by Gasteiger charge is -2.31. The summed E-state index contributed by atoms with van der Waals surface area (Å²) in [6.07, 6.45) is 0.553. The van der Waals surface area contributed by atoms with Crippen molar-refractivity contribution in [3.05, 3.63) is 42.9 Å². The summed E-state index contributed by atoms with van der Waals surface area (Å²) in [6.45, 7) is -1.50. The standard InChI is InChI=1S/C22H24F3N5O/c1-29-14-19(13-27-29)16-2-3-17-12-26-20(11-18(17)10-16)28-21(31)15-4-7-30(8-5-15)9-6-22(23,24)25/h2-3,10-15H,4-9H2,1H3,(H,26,28,31)/i1D3. The molecule has 1 aliphatic rings. The SMILES string of the molecule is [2H]C([2H])([2H])n1cc(-c2ccc3cnc(NC(=O)C4CCN(CCC(F)(F)F)CC4)cc3c2)cn1. The van der Waals surface area contributed by atoms with Crippen molar-refractivity contribution >= 4 is 22.5 Å². The lowest BCUT2D eigenvalue weighted by Crippen LogP contribution is -2.39. The van der Waals surface area contributed by atoms with Gasteiger partial charge in [-0.05, 0) is 49.0 Å². The molecule has 0 unspecified atom stereocenters. The molecule has 1 amide bonds. The number of hydrogen-bond donors (Lipinski definition) is 1. The molecule has 164 valence electrons. The fraction of sp³-hybridized carbons (Fsp3) is 0.409. The summed E-state index contributed by atoms with van der Waals surface area (Å²) in [5, 5.41) is 8.39. The van der Waals surface area contributed by atoms with Crippen LogP contribution in [0.4, 0.5) is 19.0 Å². The van der Waals surface area contributed by atoms with E-state index in [4.69, 9.17) is 4.11 Å². The number of halogens is 3. The van der Waals surface area contributed by atoms with Gasteiger partial charge in [-0.15, -0.1) is 0 Å². The predicted octanol–water partition coefficient (Wildman–Crippen LogP) is 4.24. The van der Waals surface area contributed by atoms with Crippen molar-refractivity contribution in [2.75, 3.05) is 25.0 Å². The van der Waals surface area contributed by atoms with Gasteiger partial charge >= 0.3 is 6.18 Å². The van der Waals surface area contributed by atoms with E-state index in [-0.39, 0.29) is 18.4 Å². The fourth-order valence-electron chi connectivity index (χ4n) is 3.79. The summed E-state index contributed by atoms with van der Waals surface area (Å²) in [5.74, 6) is -0.0959. The van der Waals surface area contributed by atoms with Crippen molar-refractivity contribution in [2.24, 2.45) is 12.9 Å². The van der Waals surface area contributed by atoms with Crippen LogP contribution in [-0.4, -0.2) is 51.4 Å². The van der Waals surface area contributed by atoms with Crippen LogP contribution < -0.4 is 5.32 Å². The fourth-order valence-corrected chi connectivity index (χ4v) is 3.79. The third-order valence-corrected chi connectivity index (χ3v) is 5.56. The lowest BCUT2D eigenvalue weighted by atomic mass is 9.95. The maximum atomic E-state index is 12.7. The average Bonchev–Trinajstić information content (AvgIpc) is 3.28. The van der Waals surface area contributed by atoms with Crippen LogP contribution in [-0.2, 0) is 11.8 Å². The monoisotopic (exact) mass is 434 g/mol. The van der Waals surface area contributed by atoms with Gasteiger partial charge in [0.1, 0.15) is 5.82 Å². The number of nitrogens with zero attached hydrogens (tertiary/aromatic N) is 4. The molecule has 0 bridgehead atoms. The number of benzene rings is 1. The number of hydrogen-bond acceptors (Lipinski definition) is 4. The third kappa shape index (κ3) is 5.41. The highest BCUT2D eigenvalue weighted by atomic mass is 19.4. The van der Waals surface area contributed by atoms with E-state index in [1.807, 2.05) is 18.2 Å². The first-order chi connectivity index (χ1) is 16.0. The first-order valence-corrected chi connectivity index (χ1v) is 10.0. The Hall–Kier alpha value is -2.94. The van der Waals surface area contributed by atoms with Gasteiger partial charge in [0, 0.05) is 46.9 Å². The Morgan fingerprint density at radius 1 is 1.19 bits per heavy atom. The highest BCUT2D eigenvalue weighted by Crippen LogP contribution is 2.26. The van der Waals surface area contributed by atoms with Gasteiger partial charge in [0.15, 0.2) is 0 Å². The molecule has 1 aromatic carbocycles. The molecule has 9 heteroatoms. The van der Waals surface area contributed by atoms with E-state index in [0.29, 0.717) is 37.3 Å². The summed E-state index contributed by atoms with van der Waals surface area (Å²) in [7, 11) is 0. The summed E-state index contributed by atoms with van der Waals surface area (Å²) >= 11 is 0. The molecule has 0 aliphatic carbocycles. The molecule has 6 nitrogen and oxygen atoms in total. The van der Waals surface area contributed by atoms with Crippen molar-refractivity contribution in [3.8, 4) is 11.1 Å². The molecule has 31 heavy (non-hydrogen) atoms. The van der Waals surface area contributed by atoms with Crippen LogP contribution in [0.1, 0.15) is 23.4 Å². The second-order valence-electron chi connectivity index (χ2n) is 7.78. The Bertz CT molecular complexity index is 1170. The summed E-state index contributed by atoms with van der Waals surface area (Å²) in [4.78, 5) is 18.7. The summed E-state index contributed by atoms with van der Waals surface area (Å²) in [6, 6.07) is 7.30. The minimum atomic E-state index is -4.17. The van der Waals surface area contributed by atoms with E-state index in [2.05, 4.69) is 15.4 Å². The van der Waals surface area contributed by atoms with Crippen molar-refractivity contribution in [2.45, 2.75) is 25.4 Å². The van der Waals surface area contributed by atoms with E-state index in [0.717, 1.165) is 21.0 Å². The molecule has 0 atom stereocenters. The molecule has 1 fully saturated rings. The molecule has 0 spiro atoms. The number of aromatic nitrogens is 3. The smallest absolute Gasteiger partial charge is 0.310 e. The van der Waals surface area contributed by atoms with E-state index in [1.165, 1.54) is 12.4 Å². The second-order valence-corrected chi connectivity index (χ2v) is 7.78. The van der Waals surface area contributed by atoms with E-state index in [1.54, 1.807) is 17.2 Å². The summed E-state index contributed by atoms with van der Waals surface area (Å²) in [5.41, 5.74) is 1.43. The lowest BCUT2D eigenvalue weighted by molar-refractivity contribution is -0.139. The molecule has 1 N–H and O–H groups in total. The minimum Gasteiger partial charge on any atom is -0.310 e. The van der Waals surface area contributed by atoms with Gasteiger partial charge in [0.25, 0.3) is 0 Å². The maximum Gasteiger partial charge on any atom is 0.390 e. The third-order valence-electron chi connectivity index (χ3n) is 5.56. The van der Waals surface area contributed by atoms with Crippen molar-refractivity contribution in [1.82, 2.24) is 19.7 Å². The van der Waals surface area contributed by atoms with Crippen LogP contribution in [0.3, 0.4) is 0 Å². The van der Waals surface area contributed by atoms with Gasteiger partial charge < -0.3 is 10.2 Å². The van der Waals surface area contributed by atoms with E-state index < -0.39 is 19.6 Å². The highest BCUT2D eigenvalue weighted by molar-refractivity contribution is 5.95. The average molecular weight is 434 g/mol. The van der Waals surface area contributed by atoms with Gasteiger partial charge in [-0.25, -0.2) is 4.98 Å². The van der Waals surface area contributed by atoms with Crippen molar-refractivity contribution in [3.63, 3.8) is 0 Å². The zero-order valence-corrected chi connectivity index (χ0v) is 16.7. The number of pyridine rings is 1. The number of carbonyl (C=O) groups excluding carboxylic acids is 1. The Balaban J connectivity index is 1.41. The number of amides is 1. The maximum absolute atomic E-state index is 12.7. The predicted molar refractivity (Wildman–Crippen MR) is 112 cm³/mol. The van der Waals surface area contributed by atoms with Crippen LogP contribution in [0.5, 0.6) is 0 Å². The minimum absolute atomic E-state index is 0.0440. The number of fused-ring (bicyclic) bond motifs is 1. The van der Waals surface area contributed by atoms with Crippen molar-refractivity contribution in [1.29, 1.82) is 0 Å². The zero-order valence-electron chi connectivity index (χ0n) is 19.7. The highest BCUT2D eigenvalue weighted by Gasteiger charge is 2.30. The molecule has 3 heterocycles. The van der Waals surface area contributed by atoms with Crippen LogP contribution >= 0.6 is 0 Å². The number of carbonyl (C=O) groups is 1. The van der Waals surface area contributed by atoms with Gasteiger partial charge in [0.2, 0.25) is 5.91 Å².